The Hall–Kier alpha value is 0.0900. The zero-order valence-corrected chi connectivity index (χ0v) is 13.4. The highest BCUT2D eigenvalue weighted by Gasteiger charge is 2.16. The molecule has 0 aliphatic heterocycles. The third-order valence-electron chi connectivity index (χ3n) is 2.93. The van der Waals surface area contributed by atoms with Crippen LogP contribution in [0.2, 0.25) is 0 Å². The van der Waals surface area contributed by atoms with Crippen LogP contribution in [-0.4, -0.2) is 11.9 Å². The molecule has 6 heteroatoms. The van der Waals surface area contributed by atoms with Crippen LogP contribution >= 0.6 is 43.2 Å². The number of hydrogen-bond acceptors (Lipinski definition) is 3. The van der Waals surface area contributed by atoms with Crippen molar-refractivity contribution in [3.63, 3.8) is 0 Å². The number of nitrogens with two attached hydrogens (primary N) is 1. The lowest BCUT2D eigenvalue weighted by Crippen LogP contribution is -2.32. The van der Waals surface area contributed by atoms with E-state index < -0.39 is 0 Å². The standard InChI is InChI=1S/C11H15Br2N3S/c12-9-6-8(10(13)17-9)11(16-14)15-7-4-2-1-3-5-7/h6-7H,1-5,14H2,(H,15,16). The lowest BCUT2D eigenvalue weighted by atomic mass is 9.96. The smallest absolute Gasteiger partial charge is 0.144 e. The first kappa shape index (κ1) is 13.5. The Morgan fingerprint density at radius 3 is 2.59 bits per heavy atom. The van der Waals surface area contributed by atoms with Crippen LogP contribution in [0.15, 0.2) is 18.6 Å². The second-order valence-corrected chi connectivity index (χ2v) is 7.90. The zero-order valence-electron chi connectivity index (χ0n) is 9.38. The van der Waals surface area contributed by atoms with Gasteiger partial charge in [0.15, 0.2) is 0 Å². The van der Waals surface area contributed by atoms with Crippen LogP contribution in [0.5, 0.6) is 0 Å². The van der Waals surface area contributed by atoms with Gasteiger partial charge in [0.2, 0.25) is 0 Å². The lowest BCUT2D eigenvalue weighted by Gasteiger charge is -2.19. The van der Waals surface area contributed by atoms with Crippen LogP contribution in [0.4, 0.5) is 0 Å². The summed E-state index contributed by atoms with van der Waals surface area (Å²) in [6.07, 6.45) is 6.24. The molecule has 94 valence electrons. The van der Waals surface area contributed by atoms with E-state index >= 15 is 0 Å². The van der Waals surface area contributed by atoms with Gasteiger partial charge in [0.25, 0.3) is 0 Å². The molecule has 1 aromatic heterocycles. The average Bonchev–Trinajstić information content (AvgIpc) is 2.67. The first-order valence-corrected chi connectivity index (χ1v) is 8.10. The van der Waals surface area contributed by atoms with E-state index in [-0.39, 0.29) is 0 Å². The first-order chi connectivity index (χ1) is 8.20. The summed E-state index contributed by atoms with van der Waals surface area (Å²) in [5, 5.41) is 0. The van der Waals surface area contributed by atoms with E-state index in [0.717, 1.165) is 19.0 Å². The number of nitrogens with zero attached hydrogens (tertiary/aromatic N) is 1. The number of aliphatic imine (C=N–C) groups is 1. The fourth-order valence-corrected chi connectivity index (χ4v) is 4.88. The second kappa shape index (κ2) is 6.31. The maximum absolute atomic E-state index is 5.59. The largest absolute Gasteiger partial charge is 0.308 e. The molecule has 1 aromatic rings. The van der Waals surface area contributed by atoms with Crippen LogP contribution in [-0.2, 0) is 0 Å². The topological polar surface area (TPSA) is 50.4 Å². The van der Waals surface area contributed by atoms with Crippen molar-refractivity contribution in [3.05, 3.63) is 19.2 Å². The molecule has 0 radical (unpaired) electrons. The minimum absolute atomic E-state index is 0.417. The minimum atomic E-state index is 0.417. The van der Waals surface area contributed by atoms with E-state index in [1.165, 1.54) is 32.1 Å². The van der Waals surface area contributed by atoms with Gasteiger partial charge in [0.1, 0.15) is 5.84 Å². The molecule has 17 heavy (non-hydrogen) atoms. The highest BCUT2D eigenvalue weighted by atomic mass is 79.9. The third kappa shape index (κ3) is 3.53. The van der Waals surface area contributed by atoms with Gasteiger partial charge in [0, 0.05) is 5.56 Å². The number of halogens is 2. The Morgan fingerprint density at radius 2 is 2.06 bits per heavy atom. The first-order valence-electron chi connectivity index (χ1n) is 5.70. The zero-order chi connectivity index (χ0) is 12.3. The maximum atomic E-state index is 5.59. The summed E-state index contributed by atoms with van der Waals surface area (Å²) in [6.45, 7) is 0. The highest BCUT2D eigenvalue weighted by molar-refractivity contribution is 9.12. The van der Waals surface area contributed by atoms with Gasteiger partial charge in [0.05, 0.1) is 13.6 Å². The number of rotatable bonds is 2. The molecule has 0 bridgehead atoms. The molecule has 1 saturated carbocycles. The normalized spacial score (nSPS) is 18.4. The van der Waals surface area contributed by atoms with Gasteiger partial charge >= 0.3 is 0 Å². The summed E-state index contributed by atoms with van der Waals surface area (Å²) in [5.74, 6) is 6.37. The predicted molar refractivity (Wildman–Crippen MR) is 80.5 cm³/mol. The Labute approximate surface area is 122 Å². The summed E-state index contributed by atoms with van der Waals surface area (Å²) in [4.78, 5) is 4.73. The molecular weight excluding hydrogens is 366 g/mol. The summed E-state index contributed by atoms with van der Waals surface area (Å²) >= 11 is 8.64. The fraction of sp³-hybridized carbons (Fsp3) is 0.545. The quantitative estimate of drug-likeness (QED) is 0.354. The second-order valence-electron chi connectivity index (χ2n) is 4.15. The van der Waals surface area contributed by atoms with Gasteiger partial charge in [-0.3, -0.25) is 4.99 Å². The monoisotopic (exact) mass is 379 g/mol. The van der Waals surface area contributed by atoms with E-state index in [9.17, 15) is 0 Å². The Balaban J connectivity index is 2.20. The van der Waals surface area contributed by atoms with Crippen molar-refractivity contribution in [1.29, 1.82) is 0 Å². The summed E-state index contributed by atoms with van der Waals surface area (Å²) < 4.78 is 2.13. The van der Waals surface area contributed by atoms with Crippen molar-refractivity contribution in [1.82, 2.24) is 5.43 Å². The molecule has 1 aliphatic rings. The Kier molecular flexibility index (Phi) is 5.02. The van der Waals surface area contributed by atoms with Crippen molar-refractivity contribution >= 4 is 49.0 Å². The number of nitrogens with one attached hydrogen (secondary N) is 1. The van der Waals surface area contributed by atoms with Gasteiger partial charge in [-0.1, -0.05) is 19.3 Å². The summed E-state index contributed by atoms with van der Waals surface area (Å²) in [5.41, 5.74) is 3.76. The molecule has 0 amide bonds. The van der Waals surface area contributed by atoms with Crippen molar-refractivity contribution < 1.29 is 0 Å². The van der Waals surface area contributed by atoms with Crippen LogP contribution in [0.3, 0.4) is 0 Å². The van der Waals surface area contributed by atoms with Gasteiger partial charge in [-0.05, 0) is 50.8 Å². The number of thiophene rings is 1. The SMILES string of the molecule is NNC(=NC1CCCCC1)c1cc(Br)sc1Br. The fourth-order valence-electron chi connectivity index (χ4n) is 2.08. The van der Waals surface area contributed by atoms with Gasteiger partial charge in [-0.15, -0.1) is 11.3 Å². The number of hydrazine groups is 1. The van der Waals surface area contributed by atoms with Crippen molar-refractivity contribution in [2.24, 2.45) is 10.8 Å². The molecule has 2 rings (SSSR count). The lowest BCUT2D eigenvalue weighted by molar-refractivity contribution is 0.442. The van der Waals surface area contributed by atoms with Crippen LogP contribution in [0.25, 0.3) is 0 Å². The molecule has 0 unspecified atom stereocenters. The Morgan fingerprint density at radius 1 is 1.35 bits per heavy atom. The van der Waals surface area contributed by atoms with Crippen molar-refractivity contribution in [2.45, 2.75) is 38.1 Å². The van der Waals surface area contributed by atoms with E-state index in [2.05, 4.69) is 37.3 Å². The Bertz CT molecular complexity index is 411. The van der Waals surface area contributed by atoms with Gasteiger partial charge in [-0.25, -0.2) is 5.84 Å². The average molecular weight is 381 g/mol. The minimum Gasteiger partial charge on any atom is -0.308 e. The van der Waals surface area contributed by atoms with Crippen LogP contribution < -0.4 is 11.3 Å². The predicted octanol–water partition coefficient (Wildman–Crippen LogP) is 3.82. The summed E-state index contributed by atoms with van der Waals surface area (Å²) in [6, 6.07) is 2.45. The molecule has 1 aliphatic carbocycles. The molecule has 1 heterocycles. The van der Waals surface area contributed by atoms with Crippen LogP contribution in [0.1, 0.15) is 37.7 Å². The molecule has 0 aromatic carbocycles. The summed E-state index contributed by atoms with van der Waals surface area (Å²) in [7, 11) is 0. The third-order valence-corrected chi connectivity index (χ3v) is 5.27. The van der Waals surface area contributed by atoms with E-state index in [1.54, 1.807) is 11.3 Å². The maximum Gasteiger partial charge on any atom is 0.144 e. The van der Waals surface area contributed by atoms with Crippen molar-refractivity contribution in [2.75, 3.05) is 0 Å². The number of hydrogen-bond donors (Lipinski definition) is 2. The molecule has 3 N–H and O–H groups in total. The van der Waals surface area contributed by atoms with E-state index in [4.69, 9.17) is 10.8 Å². The van der Waals surface area contributed by atoms with Gasteiger partial charge in [-0.2, -0.15) is 0 Å². The van der Waals surface area contributed by atoms with Crippen molar-refractivity contribution in [3.8, 4) is 0 Å². The molecule has 3 nitrogen and oxygen atoms in total. The molecule has 0 atom stereocenters. The van der Waals surface area contributed by atoms with E-state index in [1.807, 2.05) is 6.07 Å². The highest BCUT2D eigenvalue weighted by Crippen LogP contribution is 2.32. The van der Waals surface area contributed by atoms with Crippen LogP contribution in [0, 0.1) is 0 Å². The molecular formula is C11H15Br2N3S. The molecule has 0 saturated heterocycles. The molecule has 1 fully saturated rings. The number of amidine groups is 1. The van der Waals surface area contributed by atoms with E-state index in [0.29, 0.717) is 6.04 Å². The molecule has 0 spiro atoms. The van der Waals surface area contributed by atoms with Gasteiger partial charge < -0.3 is 5.43 Å².